The summed E-state index contributed by atoms with van der Waals surface area (Å²) in [4.78, 5) is 1.39. The first-order chi connectivity index (χ1) is 7.04. The third-order valence-corrected chi connectivity index (χ3v) is 4.95. The lowest BCUT2D eigenvalue weighted by molar-refractivity contribution is -0.0489. The van der Waals surface area contributed by atoms with Gasteiger partial charge in [0.15, 0.2) is 0 Å². The molecule has 1 N–H and O–H groups in total. The van der Waals surface area contributed by atoms with Gasteiger partial charge in [-0.1, -0.05) is 19.9 Å². The molecule has 2 heteroatoms. The summed E-state index contributed by atoms with van der Waals surface area (Å²) in [6.45, 7) is 4.41. The first-order valence-electron chi connectivity index (χ1n) is 5.78. The maximum atomic E-state index is 10.6. The van der Waals surface area contributed by atoms with Crippen LogP contribution in [-0.4, -0.2) is 10.7 Å². The molecule has 0 spiro atoms. The fourth-order valence-corrected chi connectivity index (χ4v) is 3.35. The number of aryl methyl sites for hydroxylation is 1. The molecule has 0 aliphatic heterocycles. The zero-order chi connectivity index (χ0) is 10.9. The maximum Gasteiger partial charge on any atom is 0.0701 e. The van der Waals surface area contributed by atoms with Crippen molar-refractivity contribution in [1.29, 1.82) is 0 Å². The highest BCUT2D eigenvalue weighted by atomic mass is 32.1. The molecule has 1 aromatic rings. The summed E-state index contributed by atoms with van der Waals surface area (Å²) in [5.41, 5.74) is -0.332. The van der Waals surface area contributed by atoms with E-state index in [2.05, 4.69) is 31.4 Å². The monoisotopic (exact) mass is 224 g/mol. The molecule has 1 atom stereocenters. The Morgan fingerprint density at radius 1 is 1.40 bits per heavy atom. The number of thiophene rings is 1. The lowest BCUT2D eigenvalue weighted by atomic mass is 9.75. The van der Waals surface area contributed by atoms with Crippen molar-refractivity contribution in [2.24, 2.45) is 5.41 Å². The van der Waals surface area contributed by atoms with E-state index in [-0.39, 0.29) is 5.41 Å². The summed E-state index contributed by atoms with van der Waals surface area (Å²) < 4.78 is 0. The molecule has 2 rings (SSSR count). The van der Waals surface area contributed by atoms with E-state index in [1.165, 1.54) is 11.3 Å². The third kappa shape index (κ3) is 2.11. The highest BCUT2D eigenvalue weighted by molar-refractivity contribution is 7.09. The Kier molecular flexibility index (Phi) is 2.91. The average molecular weight is 224 g/mol. The van der Waals surface area contributed by atoms with Crippen LogP contribution in [0.15, 0.2) is 17.5 Å². The van der Waals surface area contributed by atoms with Gasteiger partial charge < -0.3 is 5.11 Å². The van der Waals surface area contributed by atoms with Crippen molar-refractivity contribution in [2.75, 3.05) is 0 Å². The van der Waals surface area contributed by atoms with Gasteiger partial charge in [-0.05, 0) is 49.0 Å². The Morgan fingerprint density at radius 3 is 2.73 bits per heavy atom. The number of hydrogen-bond donors (Lipinski definition) is 1. The predicted octanol–water partition coefficient (Wildman–Crippen LogP) is 3.62. The van der Waals surface area contributed by atoms with Crippen molar-refractivity contribution in [3.63, 3.8) is 0 Å². The van der Waals surface area contributed by atoms with Crippen molar-refractivity contribution in [1.82, 2.24) is 0 Å². The number of aliphatic hydroxyl groups is 1. The summed E-state index contributed by atoms with van der Waals surface area (Å²) in [5, 5.41) is 12.7. The van der Waals surface area contributed by atoms with Gasteiger partial charge in [-0.25, -0.2) is 0 Å². The highest BCUT2D eigenvalue weighted by Crippen LogP contribution is 2.48. The van der Waals surface area contributed by atoms with Gasteiger partial charge in [0.2, 0.25) is 0 Å². The van der Waals surface area contributed by atoms with Crippen LogP contribution >= 0.6 is 11.3 Å². The van der Waals surface area contributed by atoms with Crippen LogP contribution in [0.3, 0.4) is 0 Å². The quantitative estimate of drug-likeness (QED) is 0.831. The van der Waals surface area contributed by atoms with E-state index < -0.39 is 5.60 Å². The van der Waals surface area contributed by atoms with Gasteiger partial charge in [0.1, 0.15) is 0 Å². The fraction of sp³-hybridized carbons (Fsp3) is 0.692. The van der Waals surface area contributed by atoms with E-state index in [0.717, 1.165) is 25.7 Å². The zero-order valence-corrected chi connectivity index (χ0v) is 10.4. The first kappa shape index (κ1) is 11.2. The molecule has 1 aromatic heterocycles. The predicted molar refractivity (Wildman–Crippen MR) is 65.2 cm³/mol. The van der Waals surface area contributed by atoms with E-state index in [1.807, 2.05) is 0 Å². The van der Waals surface area contributed by atoms with Gasteiger partial charge in [0.25, 0.3) is 0 Å². The molecule has 0 radical (unpaired) electrons. The lowest BCUT2D eigenvalue weighted by Gasteiger charge is -2.36. The van der Waals surface area contributed by atoms with Crippen LogP contribution in [-0.2, 0) is 6.42 Å². The Hall–Kier alpha value is -0.340. The molecular formula is C13H20OS. The van der Waals surface area contributed by atoms with Crippen LogP contribution in [0.2, 0.25) is 0 Å². The van der Waals surface area contributed by atoms with E-state index in [4.69, 9.17) is 0 Å². The number of rotatable bonds is 3. The molecule has 0 amide bonds. The van der Waals surface area contributed by atoms with Gasteiger partial charge in [-0.3, -0.25) is 0 Å². The molecule has 0 aromatic carbocycles. The average Bonchev–Trinajstić information content (AvgIpc) is 2.73. The molecule has 0 bridgehead atoms. The topological polar surface area (TPSA) is 20.2 Å². The first-order valence-corrected chi connectivity index (χ1v) is 6.66. The van der Waals surface area contributed by atoms with Crippen LogP contribution in [0.25, 0.3) is 0 Å². The van der Waals surface area contributed by atoms with Gasteiger partial charge in [-0.2, -0.15) is 0 Å². The molecular weight excluding hydrogens is 204 g/mol. The van der Waals surface area contributed by atoms with Crippen molar-refractivity contribution < 1.29 is 5.11 Å². The van der Waals surface area contributed by atoms with Crippen LogP contribution in [0.5, 0.6) is 0 Å². The molecule has 84 valence electrons. The summed E-state index contributed by atoms with van der Waals surface area (Å²) >= 11 is 1.79. The molecule has 0 saturated heterocycles. The van der Waals surface area contributed by atoms with E-state index in [1.54, 1.807) is 11.3 Å². The molecule has 1 saturated carbocycles. The van der Waals surface area contributed by atoms with Crippen LogP contribution < -0.4 is 0 Å². The molecule has 1 fully saturated rings. The zero-order valence-electron chi connectivity index (χ0n) is 9.62. The second kappa shape index (κ2) is 3.91. The Morgan fingerprint density at radius 2 is 2.20 bits per heavy atom. The summed E-state index contributed by atoms with van der Waals surface area (Å²) in [6.07, 6.45) is 5.26. The maximum absolute atomic E-state index is 10.6. The van der Waals surface area contributed by atoms with Crippen molar-refractivity contribution in [2.45, 2.75) is 51.6 Å². The van der Waals surface area contributed by atoms with Gasteiger partial charge in [0.05, 0.1) is 5.60 Å². The summed E-state index contributed by atoms with van der Waals surface area (Å²) in [6, 6.07) is 4.25. The molecule has 1 aliphatic rings. The van der Waals surface area contributed by atoms with Gasteiger partial charge in [-0.15, -0.1) is 11.3 Å². The smallest absolute Gasteiger partial charge is 0.0701 e. The third-order valence-electron chi connectivity index (χ3n) is 4.02. The Balaban J connectivity index is 1.99. The van der Waals surface area contributed by atoms with E-state index in [9.17, 15) is 5.11 Å². The molecule has 1 nitrogen and oxygen atoms in total. The largest absolute Gasteiger partial charge is 0.389 e. The molecule has 15 heavy (non-hydrogen) atoms. The molecule has 1 heterocycles. The minimum absolute atomic E-state index is 0.101. The van der Waals surface area contributed by atoms with Crippen LogP contribution in [0.1, 0.15) is 44.4 Å². The van der Waals surface area contributed by atoms with E-state index in [0.29, 0.717) is 0 Å². The lowest BCUT2D eigenvalue weighted by Crippen LogP contribution is -2.40. The SMILES string of the molecule is CC1(C)CCCC1(O)CCc1cccs1. The Labute approximate surface area is 96.1 Å². The summed E-state index contributed by atoms with van der Waals surface area (Å²) in [7, 11) is 0. The second-order valence-corrected chi connectivity index (χ2v) is 6.38. The standard InChI is InChI=1S/C13H20OS/c1-12(2)7-4-8-13(12,14)9-6-11-5-3-10-15-11/h3,5,10,14H,4,6-9H2,1-2H3. The highest BCUT2D eigenvalue weighted by Gasteiger charge is 2.46. The molecule has 1 aliphatic carbocycles. The Bertz CT molecular complexity index is 315. The van der Waals surface area contributed by atoms with Gasteiger partial charge >= 0.3 is 0 Å². The fourth-order valence-electron chi connectivity index (χ4n) is 2.64. The number of hydrogen-bond acceptors (Lipinski definition) is 2. The summed E-state index contributed by atoms with van der Waals surface area (Å²) in [5.74, 6) is 0. The van der Waals surface area contributed by atoms with Crippen molar-refractivity contribution >= 4 is 11.3 Å². The van der Waals surface area contributed by atoms with E-state index >= 15 is 0 Å². The minimum atomic E-state index is -0.434. The van der Waals surface area contributed by atoms with Gasteiger partial charge in [0, 0.05) is 4.88 Å². The molecule has 1 unspecified atom stereocenters. The van der Waals surface area contributed by atoms with Crippen molar-refractivity contribution in [3.05, 3.63) is 22.4 Å². The van der Waals surface area contributed by atoms with Crippen LogP contribution in [0, 0.1) is 5.41 Å². The second-order valence-electron chi connectivity index (χ2n) is 5.35. The van der Waals surface area contributed by atoms with Crippen LogP contribution in [0.4, 0.5) is 0 Å². The van der Waals surface area contributed by atoms with Crippen molar-refractivity contribution in [3.8, 4) is 0 Å². The minimum Gasteiger partial charge on any atom is -0.389 e. The normalized spacial score (nSPS) is 29.5.